The molecule has 25 heavy (non-hydrogen) atoms. The van der Waals surface area contributed by atoms with Crippen molar-refractivity contribution in [1.82, 2.24) is 16.0 Å². The highest BCUT2D eigenvalue weighted by Gasteiger charge is 2.37. The zero-order valence-electron chi connectivity index (χ0n) is 13.1. The number of nitrogens with one attached hydrogen (secondary N) is 3. The SMILES string of the molecule is CC(=O)NC1(C(=O)NCc2ccc(OC(F)(F)F)cc2)C=NC=CN1. The van der Waals surface area contributed by atoms with E-state index >= 15 is 0 Å². The second-order valence-electron chi connectivity index (χ2n) is 5.10. The van der Waals surface area contributed by atoms with E-state index in [1.807, 2.05) is 0 Å². The summed E-state index contributed by atoms with van der Waals surface area (Å²) in [7, 11) is 0. The number of halogens is 3. The molecule has 2 amide bonds. The largest absolute Gasteiger partial charge is 0.573 e. The zero-order valence-corrected chi connectivity index (χ0v) is 13.1. The maximum Gasteiger partial charge on any atom is 0.573 e. The Morgan fingerprint density at radius 2 is 1.96 bits per heavy atom. The van der Waals surface area contributed by atoms with Crippen LogP contribution in [0.5, 0.6) is 5.75 Å². The van der Waals surface area contributed by atoms with Crippen LogP contribution in [0.2, 0.25) is 0 Å². The van der Waals surface area contributed by atoms with Crippen LogP contribution in [-0.4, -0.2) is 30.1 Å². The lowest BCUT2D eigenvalue weighted by atomic mass is 10.1. The second-order valence-corrected chi connectivity index (χ2v) is 5.10. The Kier molecular flexibility index (Phi) is 5.30. The molecule has 3 N–H and O–H groups in total. The first-order chi connectivity index (χ1) is 11.7. The van der Waals surface area contributed by atoms with Crippen LogP contribution in [0.4, 0.5) is 13.2 Å². The highest BCUT2D eigenvalue weighted by Crippen LogP contribution is 2.22. The van der Waals surface area contributed by atoms with Crippen molar-refractivity contribution in [2.24, 2.45) is 4.99 Å². The minimum absolute atomic E-state index is 0.0334. The molecule has 1 unspecified atom stereocenters. The van der Waals surface area contributed by atoms with Gasteiger partial charge in [-0.15, -0.1) is 13.2 Å². The molecule has 1 aromatic carbocycles. The number of benzene rings is 1. The Hall–Kier alpha value is -3.04. The van der Waals surface area contributed by atoms with Crippen molar-refractivity contribution in [2.45, 2.75) is 25.5 Å². The van der Waals surface area contributed by atoms with Crippen LogP contribution in [0.25, 0.3) is 0 Å². The van der Waals surface area contributed by atoms with Gasteiger partial charge in [0, 0.05) is 25.9 Å². The fourth-order valence-electron chi connectivity index (χ4n) is 2.06. The quantitative estimate of drug-likeness (QED) is 0.739. The third-order valence-electron chi connectivity index (χ3n) is 3.08. The normalized spacial score (nSPS) is 19.0. The van der Waals surface area contributed by atoms with Crippen molar-refractivity contribution < 1.29 is 27.5 Å². The number of nitrogens with zero attached hydrogens (tertiary/aromatic N) is 1. The topological polar surface area (TPSA) is 91.8 Å². The fraction of sp³-hybridized carbons (Fsp3) is 0.267. The molecule has 134 valence electrons. The van der Waals surface area contributed by atoms with Crippen molar-refractivity contribution in [3.63, 3.8) is 0 Å². The van der Waals surface area contributed by atoms with E-state index in [4.69, 9.17) is 0 Å². The molecule has 0 radical (unpaired) electrons. The molecule has 1 aliphatic rings. The fourth-order valence-corrected chi connectivity index (χ4v) is 2.06. The number of ether oxygens (including phenoxy) is 1. The van der Waals surface area contributed by atoms with Gasteiger partial charge in [0.25, 0.3) is 5.91 Å². The molecule has 10 heteroatoms. The molecule has 0 aromatic heterocycles. The van der Waals surface area contributed by atoms with Crippen LogP contribution in [0.3, 0.4) is 0 Å². The van der Waals surface area contributed by atoms with E-state index in [2.05, 4.69) is 25.7 Å². The average Bonchev–Trinajstić information content (AvgIpc) is 2.52. The molecule has 0 fully saturated rings. The molecular formula is C15H15F3N4O3. The van der Waals surface area contributed by atoms with E-state index < -0.39 is 23.8 Å². The summed E-state index contributed by atoms with van der Waals surface area (Å²) in [6, 6.07) is 5.05. The number of rotatable bonds is 5. The first-order valence-corrected chi connectivity index (χ1v) is 7.09. The third-order valence-corrected chi connectivity index (χ3v) is 3.08. The molecular weight excluding hydrogens is 341 g/mol. The lowest BCUT2D eigenvalue weighted by Gasteiger charge is -2.30. The van der Waals surface area contributed by atoms with Crippen LogP contribution in [-0.2, 0) is 16.1 Å². The van der Waals surface area contributed by atoms with E-state index in [1.54, 1.807) is 0 Å². The third kappa shape index (κ3) is 5.23. The summed E-state index contributed by atoms with van der Waals surface area (Å²) in [5, 5.41) is 7.75. The number of alkyl halides is 3. The molecule has 0 bridgehead atoms. The highest BCUT2D eigenvalue weighted by molar-refractivity contribution is 6.06. The van der Waals surface area contributed by atoms with Crippen molar-refractivity contribution in [3.05, 3.63) is 42.2 Å². The Bertz CT molecular complexity index is 701. The minimum Gasteiger partial charge on any atom is -0.406 e. The van der Waals surface area contributed by atoms with E-state index in [1.165, 1.54) is 37.7 Å². The van der Waals surface area contributed by atoms with E-state index in [9.17, 15) is 22.8 Å². The maximum absolute atomic E-state index is 12.4. The summed E-state index contributed by atoms with van der Waals surface area (Å²) in [5.41, 5.74) is -0.982. The molecule has 0 saturated heterocycles. The standard InChI is InChI=1S/C15H15F3N4O3/c1-10(23)22-14(9-19-6-7-21-14)13(24)20-8-11-2-4-12(5-3-11)25-15(16,17)18/h2-7,9,21H,8H2,1H3,(H,20,24)(H,22,23). The number of hydrogen-bond acceptors (Lipinski definition) is 5. The zero-order chi connectivity index (χ0) is 18.5. The Labute approximate surface area is 140 Å². The number of amides is 2. The van der Waals surface area contributed by atoms with Crippen LogP contribution >= 0.6 is 0 Å². The molecule has 2 rings (SSSR count). The van der Waals surface area contributed by atoms with E-state index in [-0.39, 0.29) is 12.3 Å². The first kappa shape index (κ1) is 18.3. The van der Waals surface area contributed by atoms with Crippen LogP contribution in [0, 0.1) is 0 Å². The van der Waals surface area contributed by atoms with Crippen molar-refractivity contribution in [2.75, 3.05) is 0 Å². The molecule has 0 aliphatic carbocycles. The number of hydrogen-bond donors (Lipinski definition) is 3. The average molecular weight is 356 g/mol. The summed E-state index contributed by atoms with van der Waals surface area (Å²) in [4.78, 5) is 27.6. The molecule has 0 spiro atoms. The number of carbonyl (C=O) groups is 2. The first-order valence-electron chi connectivity index (χ1n) is 7.09. The molecule has 1 atom stereocenters. The van der Waals surface area contributed by atoms with Gasteiger partial charge in [0.05, 0.1) is 6.21 Å². The predicted molar refractivity (Wildman–Crippen MR) is 82.3 cm³/mol. The van der Waals surface area contributed by atoms with Gasteiger partial charge in [-0.1, -0.05) is 12.1 Å². The van der Waals surface area contributed by atoms with E-state index in [0.29, 0.717) is 5.56 Å². The van der Waals surface area contributed by atoms with Crippen molar-refractivity contribution in [3.8, 4) is 5.75 Å². The molecule has 0 saturated carbocycles. The van der Waals surface area contributed by atoms with Crippen molar-refractivity contribution >= 4 is 18.0 Å². The summed E-state index contributed by atoms with van der Waals surface area (Å²) >= 11 is 0. The van der Waals surface area contributed by atoms with Gasteiger partial charge in [-0.2, -0.15) is 0 Å². The Balaban J connectivity index is 1.99. The van der Waals surface area contributed by atoms with Gasteiger partial charge in [-0.05, 0) is 17.7 Å². The smallest absolute Gasteiger partial charge is 0.406 e. The summed E-state index contributed by atoms with van der Waals surface area (Å²) in [6.45, 7) is 1.29. The Morgan fingerprint density at radius 3 is 2.48 bits per heavy atom. The second kappa shape index (κ2) is 7.24. The van der Waals surface area contributed by atoms with Crippen LogP contribution in [0.15, 0.2) is 41.7 Å². The molecule has 1 heterocycles. The summed E-state index contributed by atoms with van der Waals surface area (Å²) in [6.07, 6.45) is -0.713. The van der Waals surface area contributed by atoms with Gasteiger partial charge in [0.1, 0.15) is 5.75 Å². The predicted octanol–water partition coefficient (Wildman–Crippen LogP) is 1.18. The summed E-state index contributed by atoms with van der Waals surface area (Å²) < 4.78 is 40.1. The van der Waals surface area contributed by atoms with Crippen LogP contribution < -0.4 is 20.7 Å². The Morgan fingerprint density at radius 1 is 1.28 bits per heavy atom. The number of aliphatic imine (C=N–C) groups is 1. The van der Waals surface area contributed by atoms with Crippen molar-refractivity contribution in [1.29, 1.82) is 0 Å². The van der Waals surface area contributed by atoms with Crippen LogP contribution in [0.1, 0.15) is 12.5 Å². The van der Waals surface area contributed by atoms with Gasteiger partial charge < -0.3 is 20.7 Å². The molecule has 1 aromatic rings. The lowest BCUT2D eigenvalue weighted by Crippen LogP contribution is -2.67. The van der Waals surface area contributed by atoms with Gasteiger partial charge in [0.2, 0.25) is 11.6 Å². The monoisotopic (exact) mass is 356 g/mol. The van der Waals surface area contributed by atoms with Gasteiger partial charge in [0.15, 0.2) is 0 Å². The molecule has 7 nitrogen and oxygen atoms in total. The van der Waals surface area contributed by atoms with Gasteiger partial charge >= 0.3 is 6.36 Å². The van der Waals surface area contributed by atoms with Gasteiger partial charge in [-0.25, -0.2) is 0 Å². The summed E-state index contributed by atoms with van der Waals surface area (Å²) in [5.74, 6) is -1.38. The van der Waals surface area contributed by atoms with E-state index in [0.717, 1.165) is 12.1 Å². The highest BCUT2D eigenvalue weighted by atomic mass is 19.4. The molecule has 1 aliphatic heterocycles. The van der Waals surface area contributed by atoms with Gasteiger partial charge in [-0.3, -0.25) is 14.6 Å². The maximum atomic E-state index is 12.4. The number of carbonyl (C=O) groups excluding carboxylic acids is 2. The lowest BCUT2D eigenvalue weighted by molar-refractivity contribution is -0.274. The minimum atomic E-state index is -4.76.